The molecule has 3 aromatic heterocycles. The van der Waals surface area contributed by atoms with Crippen molar-refractivity contribution in [2.45, 2.75) is 33.7 Å². The van der Waals surface area contributed by atoms with Crippen LogP contribution in [0.2, 0.25) is 0 Å². The first kappa shape index (κ1) is 24.5. The fourth-order valence-electron chi connectivity index (χ4n) is 4.01. The zero-order chi connectivity index (χ0) is 26.1. The van der Waals surface area contributed by atoms with Crippen molar-refractivity contribution in [1.82, 2.24) is 14.0 Å². The molecule has 0 fully saturated rings. The second kappa shape index (κ2) is 9.53. The summed E-state index contributed by atoms with van der Waals surface area (Å²) in [7, 11) is 0. The highest BCUT2D eigenvalue weighted by atomic mass is 16.6. The summed E-state index contributed by atoms with van der Waals surface area (Å²) in [5.41, 5.74) is -0.00452. The molecule has 0 spiro atoms. The number of nitrogens with zero attached hydrogens (tertiary/aromatic N) is 5. The summed E-state index contributed by atoms with van der Waals surface area (Å²) < 4.78 is 8.08. The lowest BCUT2D eigenvalue weighted by molar-refractivity contribution is -0.385. The third-order valence-electron chi connectivity index (χ3n) is 5.69. The van der Waals surface area contributed by atoms with E-state index in [-0.39, 0.29) is 51.5 Å². The van der Waals surface area contributed by atoms with Crippen LogP contribution in [0.1, 0.15) is 53.1 Å². The van der Waals surface area contributed by atoms with Crippen molar-refractivity contribution in [3.05, 3.63) is 91.3 Å². The van der Waals surface area contributed by atoms with Gasteiger partial charge in [0.1, 0.15) is 16.9 Å². The van der Waals surface area contributed by atoms with Crippen molar-refractivity contribution in [3.63, 3.8) is 0 Å². The van der Waals surface area contributed by atoms with Crippen molar-refractivity contribution in [3.8, 4) is 0 Å². The van der Waals surface area contributed by atoms with Gasteiger partial charge in [0, 0.05) is 23.9 Å². The fourth-order valence-corrected chi connectivity index (χ4v) is 4.01. The van der Waals surface area contributed by atoms with E-state index in [0.717, 1.165) is 0 Å². The van der Waals surface area contributed by atoms with E-state index in [9.17, 15) is 24.5 Å². The first-order valence-corrected chi connectivity index (χ1v) is 11.2. The molecule has 36 heavy (non-hydrogen) atoms. The molecule has 11 heteroatoms. The number of rotatable bonds is 5. The average Bonchev–Trinajstić information content (AvgIpc) is 2.83. The third-order valence-corrected chi connectivity index (χ3v) is 5.69. The number of amides is 1. The molecule has 0 radical (unpaired) electrons. The molecule has 0 atom stereocenters. The van der Waals surface area contributed by atoms with Gasteiger partial charge in [-0.3, -0.25) is 24.1 Å². The van der Waals surface area contributed by atoms with Crippen LogP contribution >= 0.6 is 0 Å². The summed E-state index contributed by atoms with van der Waals surface area (Å²) in [6, 6.07) is 10.2. The number of benzene rings is 1. The Labute approximate surface area is 204 Å². The quantitative estimate of drug-likeness (QED) is 0.181. The van der Waals surface area contributed by atoms with E-state index in [2.05, 4.69) is 9.98 Å². The summed E-state index contributed by atoms with van der Waals surface area (Å²) in [4.78, 5) is 59.2. The van der Waals surface area contributed by atoms with Crippen molar-refractivity contribution in [2.75, 3.05) is 6.61 Å². The summed E-state index contributed by atoms with van der Waals surface area (Å²) in [6.45, 7) is 6.74. The lowest BCUT2D eigenvalue weighted by Crippen LogP contribution is -2.33. The van der Waals surface area contributed by atoms with Crippen LogP contribution in [0.15, 0.2) is 58.4 Å². The van der Waals surface area contributed by atoms with Gasteiger partial charge in [-0.2, -0.15) is 4.99 Å². The van der Waals surface area contributed by atoms with E-state index in [4.69, 9.17) is 4.74 Å². The number of fused-ring (bicyclic) bond motifs is 2. The van der Waals surface area contributed by atoms with Crippen molar-refractivity contribution >= 4 is 34.2 Å². The van der Waals surface area contributed by atoms with Crippen molar-refractivity contribution in [2.24, 2.45) is 4.99 Å². The highest BCUT2D eigenvalue weighted by molar-refractivity contribution is 5.98. The maximum Gasteiger partial charge on any atom is 0.341 e. The van der Waals surface area contributed by atoms with Crippen LogP contribution in [0, 0.1) is 17.0 Å². The fraction of sp³-hybridized carbons (Fsp3) is 0.240. The van der Waals surface area contributed by atoms with Gasteiger partial charge in [0.05, 0.1) is 22.5 Å². The van der Waals surface area contributed by atoms with E-state index in [0.29, 0.717) is 5.65 Å². The number of esters is 1. The normalized spacial score (nSPS) is 11.9. The van der Waals surface area contributed by atoms with Crippen molar-refractivity contribution < 1.29 is 19.2 Å². The Morgan fingerprint density at radius 1 is 1.17 bits per heavy atom. The van der Waals surface area contributed by atoms with Gasteiger partial charge in [0.15, 0.2) is 5.49 Å². The number of nitro benzene ring substituents is 1. The van der Waals surface area contributed by atoms with Crippen LogP contribution in [0.5, 0.6) is 0 Å². The van der Waals surface area contributed by atoms with Gasteiger partial charge < -0.3 is 9.30 Å². The second-order valence-corrected chi connectivity index (χ2v) is 8.27. The summed E-state index contributed by atoms with van der Waals surface area (Å²) >= 11 is 0. The minimum Gasteiger partial charge on any atom is -0.462 e. The first-order valence-electron chi connectivity index (χ1n) is 11.2. The molecule has 0 aliphatic heterocycles. The number of nitro groups is 1. The van der Waals surface area contributed by atoms with Crippen LogP contribution in [-0.4, -0.2) is 37.4 Å². The molecule has 11 nitrogen and oxygen atoms in total. The van der Waals surface area contributed by atoms with E-state index in [1.165, 1.54) is 40.2 Å². The van der Waals surface area contributed by atoms with Gasteiger partial charge in [-0.25, -0.2) is 9.78 Å². The average molecular weight is 489 g/mol. The summed E-state index contributed by atoms with van der Waals surface area (Å²) in [5, 5.41) is 11.5. The Hall–Kier alpha value is -4.67. The summed E-state index contributed by atoms with van der Waals surface area (Å²) in [5.74, 6) is -1.55. The Morgan fingerprint density at radius 2 is 1.92 bits per heavy atom. The van der Waals surface area contributed by atoms with Gasteiger partial charge in [-0.05, 0) is 52.0 Å². The maximum atomic E-state index is 13.3. The van der Waals surface area contributed by atoms with E-state index >= 15 is 0 Å². The topological polar surface area (TPSA) is 138 Å². The standard InChI is InChI=1S/C25H23N5O6/c1-5-36-25(33)18-13-17-21(26-20-11-6-7-12-28(20)24(17)32)29(14(2)3)22(18)27-23(31)16-9-8-10-19(15(16)4)30(34)35/h6-14H,5H2,1-4H3. The zero-order valence-electron chi connectivity index (χ0n) is 20.1. The highest BCUT2D eigenvalue weighted by Gasteiger charge is 2.23. The van der Waals surface area contributed by atoms with Crippen LogP contribution in [-0.2, 0) is 4.74 Å². The molecule has 4 aromatic rings. The molecular formula is C25H23N5O6. The largest absolute Gasteiger partial charge is 0.462 e. The lowest BCUT2D eigenvalue weighted by atomic mass is 10.1. The molecule has 0 aliphatic carbocycles. The molecule has 3 heterocycles. The van der Waals surface area contributed by atoms with Crippen LogP contribution < -0.4 is 11.0 Å². The Bertz CT molecular complexity index is 1680. The predicted octanol–water partition coefficient (Wildman–Crippen LogP) is 3.36. The Kier molecular flexibility index (Phi) is 6.47. The maximum absolute atomic E-state index is 13.3. The van der Waals surface area contributed by atoms with Crippen LogP contribution in [0.25, 0.3) is 16.7 Å². The van der Waals surface area contributed by atoms with Crippen LogP contribution in [0.4, 0.5) is 5.69 Å². The first-order chi connectivity index (χ1) is 17.1. The third kappa shape index (κ3) is 4.15. The van der Waals surface area contributed by atoms with Gasteiger partial charge >= 0.3 is 5.97 Å². The summed E-state index contributed by atoms with van der Waals surface area (Å²) in [6.07, 6.45) is 1.57. The molecule has 0 unspecified atom stereocenters. The highest BCUT2D eigenvalue weighted by Crippen LogP contribution is 2.22. The zero-order valence-corrected chi connectivity index (χ0v) is 20.1. The molecular weight excluding hydrogens is 466 g/mol. The SMILES string of the molecule is CCOC(=O)c1cc2c(=O)n3ccccc3nc2n(C(C)C)c1=NC(=O)c1cccc([N+](=O)[O-])c1C. The number of carbonyl (C=O) groups excluding carboxylic acids is 2. The minimum absolute atomic E-state index is 0.0148. The molecule has 4 rings (SSSR count). The number of ether oxygens (including phenoxy) is 1. The number of carbonyl (C=O) groups is 2. The molecule has 0 N–H and O–H groups in total. The van der Waals surface area contributed by atoms with E-state index < -0.39 is 22.4 Å². The molecule has 0 saturated heterocycles. The van der Waals surface area contributed by atoms with E-state index in [1.807, 2.05) is 0 Å². The van der Waals surface area contributed by atoms with Crippen LogP contribution in [0.3, 0.4) is 0 Å². The number of aromatic nitrogens is 3. The molecule has 184 valence electrons. The van der Waals surface area contributed by atoms with E-state index in [1.54, 1.807) is 45.2 Å². The van der Waals surface area contributed by atoms with Gasteiger partial charge in [0.2, 0.25) is 0 Å². The second-order valence-electron chi connectivity index (χ2n) is 8.27. The Morgan fingerprint density at radius 3 is 2.58 bits per heavy atom. The molecule has 0 saturated carbocycles. The molecule has 0 aliphatic rings. The molecule has 0 bridgehead atoms. The van der Waals surface area contributed by atoms with Gasteiger partial charge in [-0.15, -0.1) is 0 Å². The number of hydrogen-bond donors (Lipinski definition) is 0. The predicted molar refractivity (Wildman–Crippen MR) is 131 cm³/mol. The smallest absolute Gasteiger partial charge is 0.341 e. The monoisotopic (exact) mass is 489 g/mol. The van der Waals surface area contributed by atoms with Gasteiger partial charge in [-0.1, -0.05) is 12.1 Å². The van der Waals surface area contributed by atoms with Crippen molar-refractivity contribution in [1.29, 1.82) is 0 Å². The minimum atomic E-state index is -0.784. The Balaban J connectivity index is 2.13. The van der Waals surface area contributed by atoms with Gasteiger partial charge in [0.25, 0.3) is 17.2 Å². The number of pyridine rings is 2. The molecule has 1 amide bonds. The molecule has 1 aromatic carbocycles. The lowest BCUT2D eigenvalue weighted by Gasteiger charge is -2.17. The number of hydrogen-bond acceptors (Lipinski definition) is 7.